The van der Waals surface area contributed by atoms with Gasteiger partial charge in [-0.15, -0.1) is 0 Å². The highest BCUT2D eigenvalue weighted by Gasteiger charge is 2.10. The van der Waals surface area contributed by atoms with Gasteiger partial charge in [0.25, 0.3) is 0 Å². The zero-order valence-electron chi connectivity index (χ0n) is 18.6. The first kappa shape index (κ1) is 25.4. The number of carbonyl (C=O) groups is 1. The number of aliphatic hydroxyl groups is 1. The normalized spacial score (nSPS) is 11.6. The summed E-state index contributed by atoms with van der Waals surface area (Å²) in [6, 6.07) is 13.5. The molecular weight excluding hydrogens is 376 g/mol. The van der Waals surface area contributed by atoms with E-state index in [1.807, 2.05) is 20.9 Å². The predicted molar refractivity (Wildman–Crippen MR) is 124 cm³/mol. The number of aliphatic hydroxyl groups excluding tert-OH is 1. The SMILES string of the molecule is CC.CCC(CCNC(=O)/C=C/c1ccc(O)c(CO)c1)c1cccc(CNC)c1. The average Bonchev–Trinajstić information content (AvgIpc) is 2.78. The number of carbonyl (C=O) groups excluding carboxylic acids is 1. The number of benzene rings is 2. The van der Waals surface area contributed by atoms with Crippen molar-refractivity contribution in [2.45, 2.75) is 52.7 Å². The van der Waals surface area contributed by atoms with Gasteiger partial charge in [-0.2, -0.15) is 0 Å². The van der Waals surface area contributed by atoms with Gasteiger partial charge in [0.05, 0.1) is 6.61 Å². The third-order valence-electron chi connectivity index (χ3n) is 4.79. The van der Waals surface area contributed by atoms with E-state index >= 15 is 0 Å². The van der Waals surface area contributed by atoms with Gasteiger partial charge in [-0.1, -0.05) is 51.1 Å². The molecule has 0 spiro atoms. The molecule has 0 aliphatic carbocycles. The summed E-state index contributed by atoms with van der Waals surface area (Å²) in [5, 5.41) is 24.9. The van der Waals surface area contributed by atoms with E-state index in [4.69, 9.17) is 0 Å². The smallest absolute Gasteiger partial charge is 0.243 e. The molecule has 1 amide bonds. The lowest BCUT2D eigenvalue weighted by Crippen LogP contribution is -2.23. The van der Waals surface area contributed by atoms with Crippen molar-refractivity contribution < 1.29 is 15.0 Å². The Morgan fingerprint density at radius 2 is 1.93 bits per heavy atom. The summed E-state index contributed by atoms with van der Waals surface area (Å²) >= 11 is 0. The standard InChI is InChI=1S/C23H30N2O3.C2H6/c1-3-19(20-6-4-5-18(14-20)15-24-2)11-12-25-23(28)10-8-17-7-9-22(27)21(13-17)16-26;1-2/h4-10,13-14,19,24,26-27H,3,11-12,15-16H2,1-2H3,(H,25,28);1-2H3/b10-8+;. The third kappa shape index (κ3) is 8.39. The van der Waals surface area contributed by atoms with Crippen molar-refractivity contribution in [3.8, 4) is 5.75 Å². The molecule has 0 saturated heterocycles. The molecule has 0 aliphatic rings. The maximum Gasteiger partial charge on any atom is 0.243 e. The monoisotopic (exact) mass is 412 g/mol. The topological polar surface area (TPSA) is 81.6 Å². The summed E-state index contributed by atoms with van der Waals surface area (Å²) in [5.41, 5.74) is 3.76. The minimum atomic E-state index is -0.242. The van der Waals surface area contributed by atoms with Crippen molar-refractivity contribution in [1.29, 1.82) is 0 Å². The number of hydrogen-bond donors (Lipinski definition) is 4. The fourth-order valence-corrected chi connectivity index (χ4v) is 3.20. The number of phenols is 1. The van der Waals surface area contributed by atoms with E-state index in [9.17, 15) is 15.0 Å². The Hall–Kier alpha value is -2.63. The van der Waals surface area contributed by atoms with Crippen LogP contribution in [0.15, 0.2) is 48.5 Å². The highest BCUT2D eigenvalue weighted by atomic mass is 16.3. The van der Waals surface area contributed by atoms with E-state index in [1.54, 1.807) is 18.2 Å². The molecule has 0 fully saturated rings. The van der Waals surface area contributed by atoms with Crippen LogP contribution in [0.4, 0.5) is 0 Å². The molecule has 30 heavy (non-hydrogen) atoms. The number of amides is 1. The first-order chi connectivity index (χ1) is 14.6. The molecule has 2 aromatic carbocycles. The van der Waals surface area contributed by atoms with Gasteiger partial charge in [0.15, 0.2) is 0 Å². The summed E-state index contributed by atoms with van der Waals surface area (Å²) in [6.07, 6.45) is 5.05. The second-order valence-electron chi connectivity index (χ2n) is 6.84. The van der Waals surface area contributed by atoms with Crippen LogP contribution >= 0.6 is 0 Å². The van der Waals surface area contributed by atoms with Crippen LogP contribution < -0.4 is 10.6 Å². The third-order valence-corrected chi connectivity index (χ3v) is 4.79. The molecule has 0 saturated carbocycles. The molecule has 0 heterocycles. The fraction of sp³-hybridized carbons (Fsp3) is 0.400. The molecule has 1 unspecified atom stereocenters. The van der Waals surface area contributed by atoms with Crippen LogP contribution in [0.25, 0.3) is 6.08 Å². The molecule has 2 aromatic rings. The summed E-state index contributed by atoms with van der Waals surface area (Å²) in [7, 11) is 1.94. The van der Waals surface area contributed by atoms with Crippen LogP contribution in [-0.2, 0) is 17.9 Å². The van der Waals surface area contributed by atoms with Gasteiger partial charge >= 0.3 is 0 Å². The molecule has 164 valence electrons. The Morgan fingerprint density at radius 3 is 2.60 bits per heavy atom. The molecule has 0 aromatic heterocycles. The Kier molecular flexibility index (Phi) is 12.2. The Bertz CT molecular complexity index is 803. The van der Waals surface area contributed by atoms with Gasteiger partial charge in [-0.05, 0) is 60.7 Å². The van der Waals surface area contributed by atoms with Crippen LogP contribution in [0, 0.1) is 0 Å². The minimum Gasteiger partial charge on any atom is -0.508 e. The highest BCUT2D eigenvalue weighted by molar-refractivity contribution is 5.91. The van der Waals surface area contributed by atoms with E-state index in [-0.39, 0.29) is 18.3 Å². The Morgan fingerprint density at radius 1 is 1.17 bits per heavy atom. The summed E-state index contributed by atoms with van der Waals surface area (Å²) in [4.78, 5) is 12.1. The molecular formula is C25H36N2O3. The van der Waals surface area contributed by atoms with Gasteiger partial charge in [0, 0.05) is 24.7 Å². The number of rotatable bonds is 10. The second kappa shape index (κ2) is 14.4. The van der Waals surface area contributed by atoms with Gasteiger partial charge in [-0.25, -0.2) is 0 Å². The second-order valence-corrected chi connectivity index (χ2v) is 6.84. The van der Waals surface area contributed by atoms with Crippen LogP contribution in [0.5, 0.6) is 5.75 Å². The van der Waals surface area contributed by atoms with E-state index in [2.05, 4.69) is 41.8 Å². The molecule has 5 nitrogen and oxygen atoms in total. The minimum absolute atomic E-state index is 0.0495. The van der Waals surface area contributed by atoms with E-state index in [0.717, 1.165) is 24.9 Å². The lowest BCUT2D eigenvalue weighted by molar-refractivity contribution is -0.116. The molecule has 2 rings (SSSR count). The van der Waals surface area contributed by atoms with Gasteiger partial charge in [0.2, 0.25) is 5.91 Å². The van der Waals surface area contributed by atoms with E-state index in [0.29, 0.717) is 18.0 Å². The Balaban J connectivity index is 0.00000218. The van der Waals surface area contributed by atoms with Crippen molar-refractivity contribution in [1.82, 2.24) is 10.6 Å². The lowest BCUT2D eigenvalue weighted by Gasteiger charge is -2.16. The van der Waals surface area contributed by atoms with Crippen molar-refractivity contribution >= 4 is 12.0 Å². The van der Waals surface area contributed by atoms with Crippen LogP contribution in [-0.4, -0.2) is 29.7 Å². The summed E-state index contributed by atoms with van der Waals surface area (Å²) in [6.45, 7) is 7.38. The van der Waals surface area contributed by atoms with Crippen molar-refractivity contribution in [2.75, 3.05) is 13.6 Å². The van der Waals surface area contributed by atoms with Gasteiger partial charge < -0.3 is 20.8 Å². The van der Waals surface area contributed by atoms with Crippen molar-refractivity contribution in [3.05, 3.63) is 70.8 Å². The van der Waals surface area contributed by atoms with E-state index < -0.39 is 0 Å². The predicted octanol–water partition coefficient (Wildman–Crippen LogP) is 4.34. The van der Waals surface area contributed by atoms with Crippen LogP contribution in [0.3, 0.4) is 0 Å². The molecule has 5 heteroatoms. The summed E-state index contributed by atoms with van der Waals surface area (Å²) in [5.74, 6) is 0.302. The molecule has 0 aliphatic heterocycles. The van der Waals surface area contributed by atoms with Crippen LogP contribution in [0.2, 0.25) is 0 Å². The molecule has 0 radical (unpaired) electrons. The number of hydrogen-bond acceptors (Lipinski definition) is 4. The molecule has 1 atom stereocenters. The first-order valence-corrected chi connectivity index (χ1v) is 10.7. The van der Waals surface area contributed by atoms with Gasteiger partial charge in [-0.3, -0.25) is 4.79 Å². The zero-order chi connectivity index (χ0) is 22.4. The fourth-order valence-electron chi connectivity index (χ4n) is 3.20. The van der Waals surface area contributed by atoms with Gasteiger partial charge in [0.1, 0.15) is 5.75 Å². The maximum atomic E-state index is 12.1. The largest absolute Gasteiger partial charge is 0.508 e. The van der Waals surface area contributed by atoms with Crippen molar-refractivity contribution in [2.24, 2.45) is 0 Å². The first-order valence-electron chi connectivity index (χ1n) is 10.7. The highest BCUT2D eigenvalue weighted by Crippen LogP contribution is 2.24. The molecule has 0 bridgehead atoms. The van der Waals surface area contributed by atoms with Crippen molar-refractivity contribution in [3.63, 3.8) is 0 Å². The maximum absolute atomic E-state index is 12.1. The zero-order valence-corrected chi connectivity index (χ0v) is 18.6. The lowest BCUT2D eigenvalue weighted by atomic mass is 9.92. The average molecular weight is 413 g/mol. The molecule has 4 N–H and O–H groups in total. The van der Waals surface area contributed by atoms with Crippen LogP contribution in [0.1, 0.15) is 61.8 Å². The quantitative estimate of drug-likeness (QED) is 0.438. The van der Waals surface area contributed by atoms with E-state index in [1.165, 1.54) is 23.3 Å². The summed E-state index contributed by atoms with van der Waals surface area (Å²) < 4.78 is 0. The number of aromatic hydroxyl groups is 1. The Labute approximate surface area is 180 Å². The number of nitrogens with one attached hydrogen (secondary N) is 2.